The summed E-state index contributed by atoms with van der Waals surface area (Å²) in [5, 5.41) is 13.0. The molecule has 4 atom stereocenters. The Bertz CT molecular complexity index is 1340. The standard InChI is InChI=1S/C30H29F5N2O4/c31-21-7-10-25(32)26(14-21)41-27(29(38)39)13-18-3-8-22(9-4-18)40-12-11-36-28-23-16-37(17-24(23)28)15-19-1-5-20(6-2-19)30(33,34)35/h1-10,14,23-24,27-28,36H,11-13,15-17H2,(H,38,39)/t23-,24?,27-,28?/m0/s1. The maximum absolute atomic E-state index is 13.9. The third-order valence-corrected chi connectivity index (χ3v) is 7.49. The predicted octanol–water partition coefficient (Wildman–Crippen LogP) is 5.16. The molecule has 0 spiro atoms. The van der Waals surface area contributed by atoms with Gasteiger partial charge >= 0.3 is 12.1 Å². The van der Waals surface area contributed by atoms with Crippen LogP contribution in [0.15, 0.2) is 66.7 Å². The number of hydrogen-bond acceptors (Lipinski definition) is 5. The molecule has 1 aliphatic carbocycles. The van der Waals surface area contributed by atoms with Gasteiger partial charge in [-0.05, 0) is 59.4 Å². The van der Waals surface area contributed by atoms with Crippen molar-refractivity contribution in [3.05, 3.63) is 95.1 Å². The number of nitrogens with one attached hydrogen (secondary N) is 1. The molecule has 0 aromatic heterocycles. The molecule has 2 N–H and O–H groups in total. The number of fused-ring (bicyclic) bond motifs is 1. The minimum atomic E-state index is -4.32. The van der Waals surface area contributed by atoms with Crippen molar-refractivity contribution in [3.63, 3.8) is 0 Å². The van der Waals surface area contributed by atoms with Crippen LogP contribution in [0.5, 0.6) is 11.5 Å². The van der Waals surface area contributed by atoms with Crippen LogP contribution in [-0.4, -0.2) is 54.4 Å². The Morgan fingerprint density at radius 1 is 0.976 bits per heavy atom. The van der Waals surface area contributed by atoms with Crippen LogP contribution in [0.25, 0.3) is 0 Å². The number of nitrogens with zero attached hydrogens (tertiary/aromatic N) is 1. The second kappa shape index (κ2) is 12.0. The number of carboxylic acid groups (broad SMARTS) is 1. The van der Waals surface area contributed by atoms with E-state index in [1.807, 2.05) is 0 Å². The maximum atomic E-state index is 13.9. The van der Waals surface area contributed by atoms with Crippen molar-refractivity contribution in [1.29, 1.82) is 0 Å². The molecule has 2 fully saturated rings. The molecule has 1 saturated carbocycles. The highest BCUT2D eigenvalue weighted by Gasteiger charge is 2.55. The summed E-state index contributed by atoms with van der Waals surface area (Å²) < 4.78 is 76.5. The molecule has 1 aliphatic heterocycles. The highest BCUT2D eigenvalue weighted by Crippen LogP contribution is 2.45. The molecule has 2 unspecified atom stereocenters. The number of likely N-dealkylation sites (tertiary alicyclic amines) is 1. The number of rotatable bonds is 12. The molecular weight excluding hydrogens is 547 g/mol. The van der Waals surface area contributed by atoms with Crippen LogP contribution < -0.4 is 14.8 Å². The van der Waals surface area contributed by atoms with Gasteiger partial charge in [0.1, 0.15) is 18.2 Å². The highest BCUT2D eigenvalue weighted by atomic mass is 19.4. The lowest BCUT2D eigenvalue weighted by atomic mass is 10.1. The van der Waals surface area contributed by atoms with Gasteiger partial charge in [-0.25, -0.2) is 13.6 Å². The van der Waals surface area contributed by atoms with Crippen molar-refractivity contribution in [2.24, 2.45) is 11.8 Å². The van der Waals surface area contributed by atoms with Gasteiger partial charge in [0.05, 0.1) is 5.56 Å². The summed E-state index contributed by atoms with van der Waals surface area (Å²) in [6, 6.07) is 15.2. The first-order valence-corrected chi connectivity index (χ1v) is 13.2. The number of benzene rings is 3. The SMILES string of the molecule is O=C(O)[C@H](Cc1ccc(OCCNC2C3CN(Cc4ccc(C(F)(F)F)cc4)C[C@@H]32)cc1)Oc1cc(F)ccc1F. The van der Waals surface area contributed by atoms with Gasteiger partial charge in [0.15, 0.2) is 17.7 Å². The molecule has 0 bridgehead atoms. The molecule has 5 rings (SSSR count). The molecule has 3 aromatic rings. The van der Waals surface area contributed by atoms with E-state index in [2.05, 4.69) is 10.2 Å². The number of carboxylic acids is 1. The van der Waals surface area contributed by atoms with Crippen LogP contribution in [0.1, 0.15) is 16.7 Å². The van der Waals surface area contributed by atoms with E-state index in [0.29, 0.717) is 48.9 Å². The number of piperidine rings is 1. The predicted molar refractivity (Wildman–Crippen MR) is 140 cm³/mol. The molecular formula is C30H29F5N2O4. The summed E-state index contributed by atoms with van der Waals surface area (Å²) in [5.74, 6) is -1.68. The largest absolute Gasteiger partial charge is 0.492 e. The van der Waals surface area contributed by atoms with E-state index in [9.17, 15) is 31.9 Å². The van der Waals surface area contributed by atoms with Gasteiger partial charge in [-0.1, -0.05) is 24.3 Å². The van der Waals surface area contributed by atoms with E-state index in [1.165, 1.54) is 0 Å². The number of hydrogen-bond donors (Lipinski definition) is 2. The third-order valence-electron chi connectivity index (χ3n) is 7.49. The van der Waals surface area contributed by atoms with Crippen LogP contribution in [-0.2, 0) is 23.9 Å². The zero-order valence-electron chi connectivity index (χ0n) is 21.9. The van der Waals surface area contributed by atoms with Crippen LogP contribution in [0, 0.1) is 23.5 Å². The van der Waals surface area contributed by atoms with Gasteiger partial charge in [-0.2, -0.15) is 13.2 Å². The summed E-state index contributed by atoms with van der Waals surface area (Å²) in [7, 11) is 0. The van der Waals surface area contributed by atoms with Crippen molar-refractivity contribution >= 4 is 5.97 Å². The second-order valence-electron chi connectivity index (χ2n) is 10.4. The summed E-state index contributed by atoms with van der Waals surface area (Å²) in [5.41, 5.74) is 0.867. The number of ether oxygens (including phenoxy) is 2. The van der Waals surface area contributed by atoms with Crippen molar-refractivity contribution in [3.8, 4) is 11.5 Å². The average Bonchev–Trinajstić information content (AvgIpc) is 3.38. The van der Waals surface area contributed by atoms with Crippen molar-refractivity contribution in [2.75, 3.05) is 26.2 Å². The minimum Gasteiger partial charge on any atom is -0.492 e. The Hall–Kier alpha value is -3.70. The Kier molecular flexibility index (Phi) is 8.46. The third kappa shape index (κ3) is 7.34. The van der Waals surface area contributed by atoms with E-state index in [1.54, 1.807) is 36.4 Å². The lowest BCUT2D eigenvalue weighted by Gasteiger charge is -2.20. The smallest absolute Gasteiger partial charge is 0.416 e. The Balaban J connectivity index is 1.00. The number of alkyl halides is 3. The zero-order chi connectivity index (χ0) is 29.1. The van der Waals surface area contributed by atoms with Crippen molar-refractivity contribution in [2.45, 2.75) is 31.3 Å². The molecule has 3 aromatic carbocycles. The summed E-state index contributed by atoms with van der Waals surface area (Å²) in [4.78, 5) is 13.9. The number of aliphatic carboxylic acids is 1. The van der Waals surface area contributed by atoms with Crippen LogP contribution in [0.2, 0.25) is 0 Å². The first-order valence-electron chi connectivity index (χ1n) is 13.2. The van der Waals surface area contributed by atoms with E-state index >= 15 is 0 Å². The Morgan fingerprint density at radius 2 is 1.63 bits per heavy atom. The van der Waals surface area contributed by atoms with Gasteiger partial charge in [-0.15, -0.1) is 0 Å². The Labute approximate surface area is 233 Å². The lowest BCUT2D eigenvalue weighted by Crippen LogP contribution is -2.33. The highest BCUT2D eigenvalue weighted by molar-refractivity contribution is 5.73. The first kappa shape index (κ1) is 28.8. The molecule has 0 amide bonds. The molecule has 6 nitrogen and oxygen atoms in total. The summed E-state index contributed by atoms with van der Waals surface area (Å²) in [6.07, 6.45) is -5.77. The minimum absolute atomic E-state index is 0.0482. The van der Waals surface area contributed by atoms with Crippen molar-refractivity contribution in [1.82, 2.24) is 10.2 Å². The fraction of sp³-hybridized carbons (Fsp3) is 0.367. The molecule has 1 heterocycles. The molecule has 41 heavy (non-hydrogen) atoms. The van der Waals surface area contributed by atoms with Gasteiger partial charge < -0.3 is 19.9 Å². The molecule has 0 radical (unpaired) electrons. The monoisotopic (exact) mass is 576 g/mol. The van der Waals surface area contributed by atoms with Crippen LogP contribution in [0.3, 0.4) is 0 Å². The van der Waals surface area contributed by atoms with E-state index < -0.39 is 41.2 Å². The van der Waals surface area contributed by atoms with E-state index in [-0.39, 0.29) is 6.42 Å². The maximum Gasteiger partial charge on any atom is 0.416 e. The molecule has 218 valence electrons. The summed E-state index contributed by atoms with van der Waals surface area (Å²) >= 11 is 0. The van der Waals surface area contributed by atoms with Crippen LogP contribution in [0.4, 0.5) is 22.0 Å². The van der Waals surface area contributed by atoms with E-state index in [4.69, 9.17) is 9.47 Å². The quantitative estimate of drug-likeness (QED) is 0.230. The summed E-state index contributed by atoms with van der Waals surface area (Å²) in [6.45, 7) is 3.52. The molecule has 11 heteroatoms. The fourth-order valence-corrected chi connectivity index (χ4v) is 5.33. The van der Waals surface area contributed by atoms with Gasteiger partial charge in [0, 0.05) is 44.7 Å². The van der Waals surface area contributed by atoms with Gasteiger partial charge in [-0.3, -0.25) is 4.90 Å². The first-order chi connectivity index (χ1) is 19.6. The second-order valence-corrected chi connectivity index (χ2v) is 10.4. The molecule has 2 aliphatic rings. The Morgan fingerprint density at radius 3 is 2.27 bits per heavy atom. The number of carbonyl (C=O) groups is 1. The van der Waals surface area contributed by atoms with Crippen LogP contribution >= 0.6 is 0 Å². The van der Waals surface area contributed by atoms with E-state index in [0.717, 1.165) is 49.0 Å². The van der Waals surface area contributed by atoms with Gasteiger partial charge in [0.2, 0.25) is 0 Å². The van der Waals surface area contributed by atoms with Crippen molar-refractivity contribution < 1.29 is 41.3 Å². The van der Waals surface area contributed by atoms with Gasteiger partial charge in [0.25, 0.3) is 0 Å². The zero-order valence-corrected chi connectivity index (χ0v) is 21.9. The normalized spacial score (nSPS) is 20.9. The topological polar surface area (TPSA) is 71.0 Å². The average molecular weight is 577 g/mol. The fourth-order valence-electron chi connectivity index (χ4n) is 5.33. The lowest BCUT2D eigenvalue weighted by molar-refractivity contribution is -0.145. The number of halogens is 5. The molecule has 1 saturated heterocycles.